The lowest BCUT2D eigenvalue weighted by Gasteiger charge is -2.39. The van der Waals surface area contributed by atoms with E-state index in [1.165, 1.54) is 42.8 Å². The number of benzene rings is 5. The van der Waals surface area contributed by atoms with Crippen LogP contribution in [0.5, 0.6) is 5.75 Å². The van der Waals surface area contributed by atoms with Crippen LogP contribution < -0.4 is 31.8 Å². The van der Waals surface area contributed by atoms with Gasteiger partial charge in [0.1, 0.15) is 22.9 Å². The maximum atomic E-state index is 15.4. The number of carbonyl (C=O) groups excluding carboxylic acids is 2. The molecule has 4 saturated carbocycles. The number of likely N-dealkylation sites (tertiary alicyclic amines) is 1. The summed E-state index contributed by atoms with van der Waals surface area (Å²) in [5.74, 6) is -0.793. The van der Waals surface area contributed by atoms with Crippen LogP contribution in [-0.4, -0.2) is 108 Å². The third-order valence-electron chi connectivity index (χ3n) is 18.5. The maximum absolute atomic E-state index is 15.4. The SMILES string of the molecule is CCC(=O)NC[C@H]1C[C@@H]1c1cccc2c1CCO2.COC(=O)[C@]1(c2ccccc2)C[C@@H]1CN1CCC(O)(c2ccc(Cl)cc2)CC1.NC1C2CN(c3ncc4c(c3F)c(=O)c(C(=O)O)cn4-c3ccc(F)cc3F)CC12.N[C@H]1C[C@@H]1c1ccccc1. The van der Waals surface area contributed by atoms with E-state index >= 15 is 4.39 Å². The van der Waals surface area contributed by atoms with Crippen molar-refractivity contribution in [2.24, 2.45) is 35.1 Å². The molecule has 7 aliphatic rings. The molecule has 6 fully saturated rings. The van der Waals surface area contributed by atoms with Gasteiger partial charge >= 0.3 is 11.9 Å². The highest BCUT2D eigenvalue weighted by molar-refractivity contribution is 6.30. The molecule has 7 N–H and O–H groups in total. The number of nitrogens with zero attached hydrogens (tertiary/aromatic N) is 4. The molecule has 14 rings (SSSR count). The van der Waals surface area contributed by atoms with Crippen molar-refractivity contribution < 1.29 is 47.2 Å². The number of esters is 1. The van der Waals surface area contributed by atoms with Crippen LogP contribution >= 0.6 is 11.6 Å². The highest BCUT2D eigenvalue weighted by atomic mass is 35.5. The van der Waals surface area contributed by atoms with Gasteiger partial charge in [-0.05, 0) is 114 Å². The highest BCUT2D eigenvalue weighted by Gasteiger charge is 2.62. The Kier molecular flexibility index (Phi) is 17.5. The van der Waals surface area contributed by atoms with Crippen molar-refractivity contribution in [1.82, 2.24) is 19.8 Å². The lowest BCUT2D eigenvalue weighted by Crippen LogP contribution is -2.44. The minimum Gasteiger partial charge on any atom is -0.493 e. The Morgan fingerprint density at radius 3 is 2.20 bits per heavy atom. The van der Waals surface area contributed by atoms with E-state index in [-0.39, 0.29) is 52.7 Å². The highest BCUT2D eigenvalue weighted by Crippen LogP contribution is 2.56. The number of carboxylic acids is 1. The predicted molar refractivity (Wildman–Crippen MR) is 322 cm³/mol. The number of pyridine rings is 2. The van der Waals surface area contributed by atoms with Gasteiger partial charge in [0.25, 0.3) is 0 Å². The Hall–Kier alpha value is -7.61. The molecule has 5 aromatic carbocycles. The maximum Gasteiger partial charge on any atom is 0.341 e. The number of hydrogen-bond donors (Lipinski definition) is 5. The summed E-state index contributed by atoms with van der Waals surface area (Å²) >= 11 is 5.97. The largest absolute Gasteiger partial charge is 0.493 e. The fraction of sp³-hybridized carbons (Fsp3) is 0.388. The number of carbonyl (C=O) groups is 3. The number of amides is 1. The molecule has 15 nitrogen and oxygen atoms in total. The second kappa shape index (κ2) is 25.0. The first-order valence-electron chi connectivity index (χ1n) is 29.5. The van der Waals surface area contributed by atoms with Gasteiger partial charge in [-0.1, -0.05) is 103 Å². The number of ether oxygens (including phenoxy) is 2. The van der Waals surface area contributed by atoms with Crippen LogP contribution in [0.2, 0.25) is 5.02 Å². The Balaban J connectivity index is 0.000000126. The van der Waals surface area contributed by atoms with Crippen molar-refractivity contribution in [2.75, 3.05) is 57.9 Å². The molecule has 4 aliphatic carbocycles. The van der Waals surface area contributed by atoms with Crippen molar-refractivity contribution in [2.45, 2.75) is 86.8 Å². The lowest BCUT2D eigenvalue weighted by molar-refractivity contribution is -0.144. The number of carboxylic acid groups (broad SMARTS) is 1. The van der Waals surface area contributed by atoms with Crippen LogP contribution in [0.4, 0.5) is 19.0 Å². The smallest absolute Gasteiger partial charge is 0.341 e. The van der Waals surface area contributed by atoms with E-state index in [4.69, 9.17) is 32.5 Å². The van der Waals surface area contributed by atoms with Crippen LogP contribution in [0.3, 0.4) is 0 Å². The number of aromatic nitrogens is 2. The molecule has 0 bridgehead atoms. The predicted octanol–water partition coefficient (Wildman–Crippen LogP) is 9.40. The number of aromatic carboxylic acids is 1. The Morgan fingerprint density at radius 2 is 1.56 bits per heavy atom. The quantitative estimate of drug-likeness (QED) is 0.0682. The molecule has 8 atom stereocenters. The van der Waals surface area contributed by atoms with Gasteiger partial charge in [-0.25, -0.2) is 22.9 Å². The van der Waals surface area contributed by atoms with Crippen LogP contribution in [0, 0.1) is 41.1 Å². The minimum atomic E-state index is -1.59. The molecule has 450 valence electrons. The zero-order chi connectivity index (χ0) is 60.6. The zero-order valence-electron chi connectivity index (χ0n) is 48.0. The fourth-order valence-corrected chi connectivity index (χ4v) is 13.2. The number of fused-ring (bicyclic) bond motifs is 3. The molecule has 86 heavy (non-hydrogen) atoms. The molecule has 5 heterocycles. The summed E-state index contributed by atoms with van der Waals surface area (Å²) < 4.78 is 54.9. The number of hydrogen-bond acceptors (Lipinski definition) is 12. The number of halogens is 4. The summed E-state index contributed by atoms with van der Waals surface area (Å²) in [6, 6.07) is 37.4. The summed E-state index contributed by atoms with van der Waals surface area (Å²) in [5, 5.41) is 23.6. The number of aliphatic hydroxyl groups is 1. The first kappa shape index (κ1) is 60.1. The monoisotopic (exact) mass is 1190 g/mol. The molecule has 2 aromatic heterocycles. The van der Waals surface area contributed by atoms with Gasteiger partial charge in [-0.15, -0.1) is 0 Å². The van der Waals surface area contributed by atoms with Gasteiger partial charge in [0.2, 0.25) is 11.3 Å². The van der Waals surface area contributed by atoms with Crippen LogP contribution in [0.15, 0.2) is 139 Å². The van der Waals surface area contributed by atoms with E-state index < -0.39 is 50.8 Å². The van der Waals surface area contributed by atoms with Crippen molar-refractivity contribution in [3.05, 3.63) is 200 Å². The van der Waals surface area contributed by atoms with Crippen molar-refractivity contribution in [3.63, 3.8) is 0 Å². The van der Waals surface area contributed by atoms with Gasteiger partial charge in [-0.2, -0.15) is 0 Å². The third kappa shape index (κ3) is 12.5. The van der Waals surface area contributed by atoms with E-state index in [0.29, 0.717) is 67.2 Å². The number of methoxy groups -OCH3 is 1. The third-order valence-corrected chi connectivity index (χ3v) is 18.7. The topological polar surface area (TPSA) is 216 Å². The van der Waals surface area contributed by atoms with Gasteiger partial charge < -0.3 is 50.8 Å². The van der Waals surface area contributed by atoms with Gasteiger partial charge in [-0.3, -0.25) is 14.4 Å². The molecular weight excluding hydrogens is 1120 g/mol. The first-order valence-corrected chi connectivity index (χ1v) is 29.9. The summed E-state index contributed by atoms with van der Waals surface area (Å²) in [5.41, 5.74) is 14.3. The number of nitrogens with one attached hydrogen (secondary N) is 1. The fourth-order valence-electron chi connectivity index (χ4n) is 13.0. The number of nitrogens with two attached hydrogens (primary N) is 2. The first-order chi connectivity index (χ1) is 41.4. The second-order valence-electron chi connectivity index (χ2n) is 23.8. The molecular formula is C67H71ClF3N7O8. The van der Waals surface area contributed by atoms with Crippen LogP contribution in [0.25, 0.3) is 16.6 Å². The lowest BCUT2D eigenvalue weighted by atomic mass is 9.84. The summed E-state index contributed by atoms with van der Waals surface area (Å²) in [4.78, 5) is 56.3. The van der Waals surface area contributed by atoms with Gasteiger partial charge in [0.15, 0.2) is 11.6 Å². The molecule has 2 unspecified atom stereocenters. The molecule has 1 amide bonds. The number of piperidine rings is 2. The molecule has 7 aromatic rings. The molecule has 0 radical (unpaired) electrons. The normalized spacial score (nSPS) is 25.1. The van der Waals surface area contributed by atoms with Crippen LogP contribution in [-0.2, 0) is 31.8 Å². The zero-order valence-corrected chi connectivity index (χ0v) is 48.8. The van der Waals surface area contributed by atoms with Crippen LogP contribution in [0.1, 0.15) is 95.5 Å². The van der Waals surface area contributed by atoms with Crippen molar-refractivity contribution in [1.29, 1.82) is 0 Å². The number of rotatable bonds is 13. The Labute approximate surface area is 502 Å². The van der Waals surface area contributed by atoms with E-state index in [1.54, 1.807) is 4.90 Å². The molecule has 3 aliphatic heterocycles. The molecule has 19 heteroatoms. The number of anilines is 1. The summed E-state index contributed by atoms with van der Waals surface area (Å²) in [6.07, 6.45) is 8.23. The Bertz CT molecular complexity index is 3690. The average Bonchev–Trinajstić information content (AvgIpc) is 1.50. The molecule has 0 spiro atoms. The van der Waals surface area contributed by atoms with Gasteiger partial charge in [0.05, 0.1) is 47.5 Å². The summed E-state index contributed by atoms with van der Waals surface area (Å²) in [7, 11) is 1.47. The standard InChI is InChI=1S/C23H26ClNO3.C20H15F3N4O3.C15H19NO2.C9H11N/c1-28-21(26)23(18-5-3-2-4-6-18)15-19(23)16-25-13-11-22(27,12-14-25)17-7-9-20(24)10-8-17;21-8-1-2-13(12(22)3-8)27-7-11(20(29)30)18(28)15-14(27)4-25-19(16(15)23)26-5-9-10(6-26)17(9)24;1-2-15(17)16-9-10-8-13(10)11-4-3-5-14-12(11)6-7-18-14;10-9-6-8(9)7-4-2-1-3-5-7/h2-10,19,27H,11-16H2,1H3;1-4,7,9-10,17H,5-6,24H2,(H,29,30);3-5,10,13H,2,6-9H2,1H3,(H,16,17);1-5,8-9H,6,10H2/t19-,23+;;10-,13+;8-,9+/m1.11/s1. The van der Waals surface area contributed by atoms with E-state index in [1.807, 2.05) is 67.6 Å². The van der Waals surface area contributed by atoms with Gasteiger partial charge in [0, 0.05) is 93.0 Å². The summed E-state index contributed by atoms with van der Waals surface area (Å²) in [6.45, 7) is 6.96. The minimum absolute atomic E-state index is 0.0714. The average molecular weight is 1190 g/mol. The van der Waals surface area contributed by atoms with E-state index in [0.717, 1.165) is 85.4 Å². The Morgan fingerprint density at radius 1 is 0.872 bits per heavy atom. The van der Waals surface area contributed by atoms with E-state index in [2.05, 4.69) is 57.7 Å². The van der Waals surface area contributed by atoms with E-state index in [9.17, 15) is 38.2 Å². The second-order valence-corrected chi connectivity index (χ2v) is 24.2. The van der Waals surface area contributed by atoms with Crippen molar-refractivity contribution >= 4 is 46.2 Å². The molecule has 2 saturated heterocycles. The van der Waals surface area contributed by atoms with Crippen molar-refractivity contribution in [3.8, 4) is 11.4 Å².